The summed E-state index contributed by atoms with van der Waals surface area (Å²) in [6.07, 6.45) is 4.72. The Kier molecular flexibility index (Phi) is 7.63. The summed E-state index contributed by atoms with van der Waals surface area (Å²) in [6, 6.07) is 15.9. The molecule has 0 unspecified atom stereocenters. The van der Waals surface area contributed by atoms with Crippen molar-refractivity contribution in [3.63, 3.8) is 0 Å². The van der Waals surface area contributed by atoms with Gasteiger partial charge in [0.25, 0.3) is 5.91 Å². The number of likely N-dealkylation sites (tertiary alicyclic amines) is 1. The maximum atomic E-state index is 13.2. The van der Waals surface area contributed by atoms with Crippen LogP contribution in [0.25, 0.3) is 0 Å². The molecule has 0 bridgehead atoms. The van der Waals surface area contributed by atoms with Crippen LogP contribution in [0.1, 0.15) is 54.1 Å². The van der Waals surface area contributed by atoms with Gasteiger partial charge >= 0.3 is 5.97 Å². The van der Waals surface area contributed by atoms with Crippen molar-refractivity contribution in [2.24, 2.45) is 0 Å². The van der Waals surface area contributed by atoms with Crippen LogP contribution in [0, 0.1) is 6.92 Å². The highest BCUT2D eigenvalue weighted by Crippen LogP contribution is 2.25. The third kappa shape index (κ3) is 5.70. The number of hydrogen-bond acceptors (Lipinski definition) is 3. The van der Waals surface area contributed by atoms with E-state index in [0.717, 1.165) is 42.5 Å². The zero-order valence-electron chi connectivity index (χ0n) is 18.2. The molecule has 0 aliphatic carbocycles. The minimum atomic E-state index is -0.403. The maximum Gasteiger partial charge on any atom is 0.340 e. The number of para-hydroxylation sites is 1. The number of nitrogens with one attached hydrogen (secondary N) is 1. The molecule has 1 amide bonds. The molecule has 1 fully saturated rings. The highest BCUT2D eigenvalue weighted by Gasteiger charge is 2.32. The first-order valence-corrected chi connectivity index (χ1v) is 11.0. The van der Waals surface area contributed by atoms with Crippen molar-refractivity contribution in [2.75, 3.05) is 31.6 Å². The number of rotatable bonds is 7. The Balaban J connectivity index is 1.81. The minimum absolute atomic E-state index is 0.0484. The van der Waals surface area contributed by atoms with Crippen LogP contribution in [0.5, 0.6) is 0 Å². The average Bonchev–Trinajstić information content (AvgIpc) is 2.95. The number of amides is 1. The maximum absolute atomic E-state index is 13.2. The lowest BCUT2D eigenvalue weighted by atomic mass is 10.1. The number of carbonyl (C=O) groups excluding carboxylic acids is 2. The minimum Gasteiger partial charge on any atom is -0.462 e. The molecule has 0 radical (unpaired) electrons. The molecule has 0 saturated carbocycles. The summed E-state index contributed by atoms with van der Waals surface area (Å²) in [5, 5.41) is 3.04. The van der Waals surface area contributed by atoms with Crippen molar-refractivity contribution in [1.29, 1.82) is 0 Å². The van der Waals surface area contributed by atoms with Crippen molar-refractivity contribution in [1.82, 2.24) is 0 Å². The number of nitrogens with zero attached hydrogens (tertiary/aromatic N) is 1. The first-order chi connectivity index (χ1) is 14.5. The van der Waals surface area contributed by atoms with E-state index in [0.29, 0.717) is 24.4 Å². The quantitative estimate of drug-likeness (QED) is 0.533. The Bertz CT molecular complexity index is 856. The van der Waals surface area contributed by atoms with Gasteiger partial charge in [0.15, 0.2) is 6.54 Å². The van der Waals surface area contributed by atoms with Crippen molar-refractivity contribution in [3.8, 4) is 0 Å². The van der Waals surface area contributed by atoms with Crippen molar-refractivity contribution >= 4 is 17.6 Å². The molecule has 0 atom stereocenters. The summed E-state index contributed by atoms with van der Waals surface area (Å²) in [4.78, 5) is 25.6. The number of hydrogen-bond donors (Lipinski definition) is 1. The van der Waals surface area contributed by atoms with Crippen LogP contribution in [0.2, 0.25) is 0 Å². The summed E-state index contributed by atoms with van der Waals surface area (Å²) in [7, 11) is 0. The first kappa shape index (κ1) is 22.0. The second-order valence-corrected chi connectivity index (χ2v) is 8.27. The van der Waals surface area contributed by atoms with E-state index in [1.165, 1.54) is 18.4 Å². The van der Waals surface area contributed by atoms with Gasteiger partial charge < -0.3 is 14.5 Å². The van der Waals surface area contributed by atoms with Gasteiger partial charge in [-0.2, -0.15) is 0 Å². The molecule has 1 aliphatic rings. The highest BCUT2D eigenvalue weighted by atomic mass is 16.5. The molecule has 1 aliphatic heterocycles. The van der Waals surface area contributed by atoms with E-state index in [1.54, 1.807) is 13.0 Å². The lowest BCUT2D eigenvalue weighted by Crippen LogP contribution is -2.52. The largest absolute Gasteiger partial charge is 0.462 e. The fourth-order valence-electron chi connectivity index (χ4n) is 4.40. The topological polar surface area (TPSA) is 55.4 Å². The van der Waals surface area contributed by atoms with Crippen LogP contribution in [0.3, 0.4) is 0 Å². The van der Waals surface area contributed by atoms with E-state index in [2.05, 4.69) is 29.6 Å². The van der Waals surface area contributed by atoms with Crippen LogP contribution in [0.15, 0.2) is 48.5 Å². The van der Waals surface area contributed by atoms with Crippen LogP contribution in [-0.2, 0) is 16.1 Å². The smallest absolute Gasteiger partial charge is 0.340 e. The number of quaternary nitrogens is 1. The highest BCUT2D eigenvalue weighted by molar-refractivity contribution is 6.02. The molecular formula is C25H33N2O3+. The summed E-state index contributed by atoms with van der Waals surface area (Å²) in [5.41, 5.74) is 3.10. The lowest BCUT2D eigenvalue weighted by molar-refractivity contribution is -0.932. The molecular weight excluding hydrogens is 376 g/mol. The molecule has 1 saturated heterocycles. The number of ether oxygens (including phenoxy) is 1. The number of aryl methyl sites for hydroxylation is 1. The molecule has 30 heavy (non-hydrogen) atoms. The van der Waals surface area contributed by atoms with Gasteiger partial charge in [-0.15, -0.1) is 0 Å². The van der Waals surface area contributed by atoms with E-state index in [1.807, 2.05) is 25.1 Å². The van der Waals surface area contributed by atoms with Crippen LogP contribution in [0.4, 0.5) is 5.69 Å². The predicted octanol–water partition coefficient (Wildman–Crippen LogP) is 4.70. The molecule has 1 heterocycles. The third-order valence-electron chi connectivity index (χ3n) is 5.89. The van der Waals surface area contributed by atoms with Gasteiger partial charge in [-0.25, -0.2) is 4.79 Å². The van der Waals surface area contributed by atoms with Crippen LogP contribution >= 0.6 is 0 Å². The van der Waals surface area contributed by atoms with Gasteiger partial charge in [0, 0.05) is 5.56 Å². The van der Waals surface area contributed by atoms with Crippen LogP contribution in [-0.4, -0.2) is 42.6 Å². The molecule has 5 nitrogen and oxygen atoms in total. The van der Waals surface area contributed by atoms with E-state index < -0.39 is 5.97 Å². The number of carbonyl (C=O) groups is 2. The molecule has 2 aromatic carbocycles. The molecule has 160 valence electrons. The molecule has 0 spiro atoms. The monoisotopic (exact) mass is 409 g/mol. The zero-order chi connectivity index (χ0) is 21.4. The first-order valence-electron chi connectivity index (χ1n) is 11.0. The summed E-state index contributed by atoms with van der Waals surface area (Å²) < 4.78 is 5.94. The van der Waals surface area contributed by atoms with Crippen LogP contribution < -0.4 is 5.32 Å². The predicted molar refractivity (Wildman–Crippen MR) is 119 cm³/mol. The second-order valence-electron chi connectivity index (χ2n) is 8.27. The molecule has 5 heteroatoms. The number of benzene rings is 2. The SMILES string of the molecule is CCOC(=O)c1cccc(C)c1NC(=O)C[N+]1(Cc2ccccc2)CCCCCC1. The van der Waals surface area contributed by atoms with E-state index >= 15 is 0 Å². The summed E-state index contributed by atoms with van der Waals surface area (Å²) in [5.74, 6) is -0.452. The summed E-state index contributed by atoms with van der Waals surface area (Å²) >= 11 is 0. The Morgan fingerprint density at radius 2 is 1.67 bits per heavy atom. The second kappa shape index (κ2) is 10.4. The third-order valence-corrected chi connectivity index (χ3v) is 5.89. The Labute approximate surface area is 179 Å². The number of esters is 1. The van der Waals surface area contributed by atoms with Gasteiger partial charge in [0.05, 0.1) is 30.9 Å². The van der Waals surface area contributed by atoms with Gasteiger partial charge in [-0.3, -0.25) is 4.79 Å². The van der Waals surface area contributed by atoms with E-state index in [9.17, 15) is 9.59 Å². The normalized spacial score (nSPS) is 15.8. The molecule has 3 rings (SSSR count). The Morgan fingerprint density at radius 1 is 0.967 bits per heavy atom. The zero-order valence-corrected chi connectivity index (χ0v) is 18.2. The molecule has 0 aromatic heterocycles. The standard InChI is InChI=1S/C25H32N2O3/c1-3-30-25(29)22-15-11-12-20(2)24(22)26-23(28)19-27(16-9-4-5-10-17-27)18-21-13-7-6-8-14-21/h6-8,11-15H,3-5,9-10,16-19H2,1-2H3/p+1. The summed E-state index contributed by atoms with van der Waals surface area (Å²) in [6.45, 7) is 7.25. The molecule has 1 N–H and O–H groups in total. The van der Waals surface area contributed by atoms with Crippen molar-refractivity contribution < 1.29 is 18.8 Å². The van der Waals surface area contributed by atoms with Gasteiger partial charge in [-0.1, -0.05) is 42.5 Å². The average molecular weight is 410 g/mol. The fourth-order valence-corrected chi connectivity index (χ4v) is 4.40. The fraction of sp³-hybridized carbons (Fsp3) is 0.440. The Morgan fingerprint density at radius 3 is 2.33 bits per heavy atom. The van der Waals surface area contributed by atoms with Crippen molar-refractivity contribution in [2.45, 2.75) is 46.1 Å². The van der Waals surface area contributed by atoms with E-state index in [-0.39, 0.29) is 5.91 Å². The molecule has 2 aromatic rings. The van der Waals surface area contributed by atoms with Crippen molar-refractivity contribution in [3.05, 3.63) is 65.2 Å². The Hall–Kier alpha value is -2.66. The number of anilines is 1. The van der Waals surface area contributed by atoms with Gasteiger partial charge in [0.1, 0.15) is 6.54 Å². The lowest BCUT2D eigenvalue weighted by Gasteiger charge is -2.37. The van der Waals surface area contributed by atoms with Gasteiger partial charge in [0.2, 0.25) is 0 Å². The van der Waals surface area contributed by atoms with Gasteiger partial charge in [-0.05, 0) is 51.2 Å². The van der Waals surface area contributed by atoms with E-state index in [4.69, 9.17) is 4.74 Å².